The van der Waals surface area contributed by atoms with Gasteiger partial charge in [0.1, 0.15) is 5.01 Å². The van der Waals surface area contributed by atoms with Crippen LogP contribution >= 0.6 is 11.3 Å². The summed E-state index contributed by atoms with van der Waals surface area (Å²) in [5.74, 6) is 1.52. The molecular weight excluding hydrogens is 362 g/mol. The highest BCUT2D eigenvalue weighted by atomic mass is 32.1. The van der Waals surface area contributed by atoms with E-state index in [1.165, 1.54) is 0 Å². The van der Waals surface area contributed by atoms with Crippen molar-refractivity contribution in [2.24, 2.45) is 0 Å². The van der Waals surface area contributed by atoms with E-state index in [4.69, 9.17) is 9.47 Å². The first-order chi connectivity index (χ1) is 13.2. The number of aromatic nitrogens is 1. The van der Waals surface area contributed by atoms with Crippen LogP contribution in [0.2, 0.25) is 0 Å². The Hall–Kier alpha value is -2.12. The first kappa shape index (κ1) is 19.6. The standard InChI is InChI=1S/C20H27N3O3S/c1-4-9-23(16-7-8-21-12-16)19(24)11-15-13-27-20(22-15)14-5-6-17(25-2)18(10-14)26-3/h5-6,10,13,16,21H,4,7-9,11-12H2,1-3H3. The van der Waals surface area contributed by atoms with Gasteiger partial charge in [-0.05, 0) is 37.6 Å². The van der Waals surface area contributed by atoms with E-state index < -0.39 is 0 Å². The predicted octanol–water partition coefficient (Wildman–Crippen LogP) is 2.97. The summed E-state index contributed by atoms with van der Waals surface area (Å²) < 4.78 is 10.7. The number of carbonyl (C=O) groups is 1. The van der Waals surface area contributed by atoms with Gasteiger partial charge < -0.3 is 19.7 Å². The maximum absolute atomic E-state index is 12.8. The SMILES string of the molecule is CCCN(C(=O)Cc1csc(-c2ccc(OC)c(OC)c2)n1)C1CCNC1. The molecular formula is C20H27N3O3S. The number of methoxy groups -OCH3 is 2. The monoisotopic (exact) mass is 389 g/mol. The normalized spacial score (nSPS) is 16.3. The Kier molecular flexibility index (Phi) is 6.68. The lowest BCUT2D eigenvalue weighted by molar-refractivity contribution is -0.132. The molecule has 1 saturated heterocycles. The van der Waals surface area contributed by atoms with Crippen molar-refractivity contribution in [2.45, 2.75) is 32.2 Å². The van der Waals surface area contributed by atoms with Gasteiger partial charge in [0.25, 0.3) is 0 Å². The number of nitrogens with one attached hydrogen (secondary N) is 1. The Morgan fingerprint density at radius 3 is 2.81 bits per heavy atom. The van der Waals surface area contributed by atoms with Crippen LogP contribution in [0.4, 0.5) is 0 Å². The van der Waals surface area contributed by atoms with Gasteiger partial charge in [-0.3, -0.25) is 4.79 Å². The summed E-state index contributed by atoms with van der Waals surface area (Å²) >= 11 is 1.54. The minimum Gasteiger partial charge on any atom is -0.493 e. The fraction of sp³-hybridized carbons (Fsp3) is 0.500. The molecule has 146 valence electrons. The largest absolute Gasteiger partial charge is 0.493 e. The van der Waals surface area contributed by atoms with Gasteiger partial charge in [0, 0.05) is 30.1 Å². The van der Waals surface area contributed by atoms with E-state index in [1.807, 2.05) is 28.5 Å². The molecule has 0 saturated carbocycles. The molecule has 6 nitrogen and oxygen atoms in total. The Labute approximate surface area is 164 Å². The molecule has 1 N–H and O–H groups in total. The molecule has 1 amide bonds. The molecule has 0 radical (unpaired) electrons. The fourth-order valence-electron chi connectivity index (χ4n) is 3.40. The van der Waals surface area contributed by atoms with Crippen LogP contribution in [0.5, 0.6) is 11.5 Å². The van der Waals surface area contributed by atoms with Gasteiger partial charge in [-0.1, -0.05) is 6.92 Å². The topological polar surface area (TPSA) is 63.7 Å². The van der Waals surface area contributed by atoms with E-state index in [0.717, 1.165) is 48.7 Å². The molecule has 7 heteroatoms. The summed E-state index contributed by atoms with van der Waals surface area (Å²) in [4.78, 5) is 19.5. The summed E-state index contributed by atoms with van der Waals surface area (Å²) in [7, 11) is 3.24. The minimum atomic E-state index is 0.162. The second-order valence-corrected chi connectivity index (χ2v) is 7.48. The van der Waals surface area contributed by atoms with Crippen LogP contribution in [0, 0.1) is 0 Å². The maximum Gasteiger partial charge on any atom is 0.228 e. The summed E-state index contributed by atoms with van der Waals surface area (Å²) in [6.45, 7) is 4.79. The molecule has 1 aliphatic rings. The van der Waals surface area contributed by atoms with Crippen LogP contribution in [0.3, 0.4) is 0 Å². The number of ether oxygens (including phenoxy) is 2. The lowest BCUT2D eigenvalue weighted by atomic mass is 10.1. The summed E-state index contributed by atoms with van der Waals surface area (Å²) in [6, 6.07) is 6.05. The average molecular weight is 390 g/mol. The molecule has 1 atom stereocenters. The number of benzene rings is 1. The van der Waals surface area contributed by atoms with E-state index in [9.17, 15) is 4.79 Å². The zero-order chi connectivity index (χ0) is 19.2. The van der Waals surface area contributed by atoms with Crippen LogP contribution in [0.1, 0.15) is 25.5 Å². The second kappa shape index (κ2) is 9.19. The van der Waals surface area contributed by atoms with E-state index in [-0.39, 0.29) is 5.91 Å². The number of hydrogen-bond donors (Lipinski definition) is 1. The molecule has 0 aliphatic carbocycles. The van der Waals surface area contributed by atoms with Crippen molar-refractivity contribution in [3.8, 4) is 22.1 Å². The van der Waals surface area contributed by atoms with Crippen LogP contribution in [0.15, 0.2) is 23.6 Å². The number of rotatable bonds is 8. The van der Waals surface area contributed by atoms with E-state index in [1.54, 1.807) is 25.6 Å². The highest BCUT2D eigenvalue weighted by molar-refractivity contribution is 7.13. The fourth-order valence-corrected chi connectivity index (χ4v) is 4.22. The zero-order valence-electron chi connectivity index (χ0n) is 16.2. The molecule has 2 aromatic rings. The maximum atomic E-state index is 12.8. The number of carbonyl (C=O) groups excluding carboxylic acids is 1. The lowest BCUT2D eigenvalue weighted by Crippen LogP contribution is -2.42. The highest BCUT2D eigenvalue weighted by Crippen LogP contribution is 2.33. The van der Waals surface area contributed by atoms with E-state index in [0.29, 0.717) is 24.0 Å². The van der Waals surface area contributed by atoms with E-state index >= 15 is 0 Å². The van der Waals surface area contributed by atoms with Crippen LogP contribution in [-0.4, -0.2) is 55.7 Å². The van der Waals surface area contributed by atoms with Crippen molar-refractivity contribution in [1.82, 2.24) is 15.2 Å². The smallest absolute Gasteiger partial charge is 0.228 e. The summed E-state index contributed by atoms with van der Waals surface area (Å²) in [5, 5.41) is 6.20. The Bertz CT molecular complexity index is 772. The van der Waals surface area contributed by atoms with Crippen molar-refractivity contribution in [1.29, 1.82) is 0 Å². The van der Waals surface area contributed by atoms with Gasteiger partial charge in [-0.25, -0.2) is 4.98 Å². The molecule has 27 heavy (non-hydrogen) atoms. The zero-order valence-corrected chi connectivity index (χ0v) is 17.0. The third-order valence-corrected chi connectivity index (χ3v) is 5.71. The summed E-state index contributed by atoms with van der Waals surface area (Å²) in [5.41, 5.74) is 1.78. The molecule has 1 aromatic heterocycles. The minimum absolute atomic E-state index is 0.162. The number of amides is 1. The molecule has 3 rings (SSSR count). The number of thiazole rings is 1. The van der Waals surface area contributed by atoms with Crippen molar-refractivity contribution in [2.75, 3.05) is 33.9 Å². The van der Waals surface area contributed by atoms with Crippen LogP contribution < -0.4 is 14.8 Å². The van der Waals surface area contributed by atoms with Gasteiger partial charge in [-0.15, -0.1) is 11.3 Å². The molecule has 1 aliphatic heterocycles. The third kappa shape index (κ3) is 4.59. The van der Waals surface area contributed by atoms with Gasteiger partial charge in [0.15, 0.2) is 11.5 Å². The molecule has 0 bridgehead atoms. The van der Waals surface area contributed by atoms with Crippen LogP contribution in [-0.2, 0) is 11.2 Å². The highest BCUT2D eigenvalue weighted by Gasteiger charge is 2.26. The predicted molar refractivity (Wildman–Crippen MR) is 108 cm³/mol. The van der Waals surface area contributed by atoms with Gasteiger partial charge in [0.2, 0.25) is 5.91 Å². The number of nitrogens with zero attached hydrogens (tertiary/aromatic N) is 2. The third-order valence-electron chi connectivity index (χ3n) is 4.77. The number of hydrogen-bond acceptors (Lipinski definition) is 6. The first-order valence-electron chi connectivity index (χ1n) is 9.33. The van der Waals surface area contributed by atoms with Crippen molar-refractivity contribution in [3.05, 3.63) is 29.3 Å². The van der Waals surface area contributed by atoms with Crippen molar-refractivity contribution in [3.63, 3.8) is 0 Å². The van der Waals surface area contributed by atoms with Crippen molar-refractivity contribution < 1.29 is 14.3 Å². The van der Waals surface area contributed by atoms with Gasteiger partial charge >= 0.3 is 0 Å². The molecule has 2 heterocycles. The summed E-state index contributed by atoms with van der Waals surface area (Å²) in [6.07, 6.45) is 2.34. The Balaban J connectivity index is 1.72. The molecule has 1 unspecified atom stereocenters. The first-order valence-corrected chi connectivity index (χ1v) is 10.2. The molecule has 1 aromatic carbocycles. The van der Waals surface area contributed by atoms with Gasteiger partial charge in [0.05, 0.1) is 26.3 Å². The Morgan fingerprint density at radius 1 is 1.33 bits per heavy atom. The Morgan fingerprint density at radius 2 is 2.15 bits per heavy atom. The molecule has 1 fully saturated rings. The lowest BCUT2D eigenvalue weighted by Gasteiger charge is -2.28. The van der Waals surface area contributed by atoms with Crippen molar-refractivity contribution >= 4 is 17.2 Å². The quantitative estimate of drug-likeness (QED) is 0.752. The second-order valence-electron chi connectivity index (χ2n) is 6.62. The molecule has 0 spiro atoms. The van der Waals surface area contributed by atoms with Crippen LogP contribution in [0.25, 0.3) is 10.6 Å². The van der Waals surface area contributed by atoms with E-state index in [2.05, 4.69) is 17.2 Å². The van der Waals surface area contributed by atoms with Gasteiger partial charge in [-0.2, -0.15) is 0 Å². The average Bonchev–Trinajstić information content (AvgIpc) is 3.37.